The van der Waals surface area contributed by atoms with Gasteiger partial charge in [-0.3, -0.25) is 14.9 Å². The first kappa shape index (κ1) is 8.30. The molecule has 0 fully saturated rings. The summed E-state index contributed by atoms with van der Waals surface area (Å²) in [5.41, 5.74) is 7.80. The Morgan fingerprint density at radius 3 is 2.71 bits per heavy atom. The van der Waals surface area contributed by atoms with E-state index in [2.05, 4.69) is 20.4 Å². The Morgan fingerprint density at radius 2 is 2.14 bits per heavy atom. The highest BCUT2D eigenvalue weighted by molar-refractivity contribution is 6.01. The SMILES string of the molecule is Nc1nonc1C(=O)Nn1cccc1. The van der Waals surface area contributed by atoms with E-state index in [0.717, 1.165) is 0 Å². The maximum Gasteiger partial charge on any atom is 0.296 e. The Bertz CT molecular complexity index is 433. The number of hydrogen-bond acceptors (Lipinski definition) is 5. The molecular weight excluding hydrogens is 186 g/mol. The molecule has 2 rings (SSSR count). The van der Waals surface area contributed by atoms with Crippen LogP contribution in [-0.2, 0) is 0 Å². The highest BCUT2D eigenvalue weighted by Crippen LogP contribution is 2.03. The molecular formula is C7H7N5O2. The summed E-state index contributed by atoms with van der Waals surface area (Å²) < 4.78 is 5.76. The summed E-state index contributed by atoms with van der Waals surface area (Å²) in [7, 11) is 0. The molecule has 7 nitrogen and oxygen atoms in total. The lowest BCUT2D eigenvalue weighted by atomic mass is 10.4. The van der Waals surface area contributed by atoms with E-state index < -0.39 is 5.91 Å². The Labute approximate surface area is 78.4 Å². The van der Waals surface area contributed by atoms with E-state index >= 15 is 0 Å². The van der Waals surface area contributed by atoms with Crippen molar-refractivity contribution in [3.63, 3.8) is 0 Å². The van der Waals surface area contributed by atoms with Crippen LogP contribution >= 0.6 is 0 Å². The second kappa shape index (κ2) is 3.21. The number of anilines is 1. The van der Waals surface area contributed by atoms with Gasteiger partial charge < -0.3 is 5.73 Å². The monoisotopic (exact) mass is 193 g/mol. The molecule has 1 amide bonds. The molecule has 3 N–H and O–H groups in total. The van der Waals surface area contributed by atoms with Gasteiger partial charge in [0.25, 0.3) is 5.91 Å². The first-order valence-electron chi connectivity index (χ1n) is 3.80. The van der Waals surface area contributed by atoms with E-state index in [1.54, 1.807) is 24.5 Å². The van der Waals surface area contributed by atoms with Gasteiger partial charge in [-0.15, -0.1) is 0 Å². The van der Waals surface area contributed by atoms with Crippen molar-refractivity contribution in [2.24, 2.45) is 0 Å². The van der Waals surface area contributed by atoms with Crippen LogP contribution in [-0.4, -0.2) is 20.9 Å². The van der Waals surface area contributed by atoms with Crippen molar-refractivity contribution in [3.8, 4) is 0 Å². The van der Waals surface area contributed by atoms with Crippen molar-refractivity contribution < 1.29 is 9.42 Å². The number of aromatic nitrogens is 3. The van der Waals surface area contributed by atoms with E-state index in [0.29, 0.717) is 0 Å². The average molecular weight is 193 g/mol. The number of nitrogen functional groups attached to an aromatic ring is 1. The molecule has 14 heavy (non-hydrogen) atoms. The number of amides is 1. The topological polar surface area (TPSA) is 99.0 Å². The van der Waals surface area contributed by atoms with Crippen LogP contribution in [0.5, 0.6) is 0 Å². The van der Waals surface area contributed by atoms with Gasteiger partial charge in [0.2, 0.25) is 11.5 Å². The van der Waals surface area contributed by atoms with E-state index in [-0.39, 0.29) is 11.5 Å². The van der Waals surface area contributed by atoms with Gasteiger partial charge >= 0.3 is 0 Å². The molecule has 0 saturated heterocycles. The maximum absolute atomic E-state index is 11.4. The lowest BCUT2D eigenvalue weighted by Crippen LogP contribution is -2.22. The number of carbonyl (C=O) groups is 1. The minimum Gasteiger partial charge on any atom is -0.379 e. The molecule has 0 aliphatic carbocycles. The molecule has 0 aliphatic rings. The molecule has 2 aromatic heterocycles. The second-order valence-corrected chi connectivity index (χ2v) is 2.53. The third-order valence-corrected chi connectivity index (χ3v) is 1.56. The molecule has 72 valence electrons. The van der Waals surface area contributed by atoms with Gasteiger partial charge in [0, 0.05) is 12.4 Å². The minimum absolute atomic E-state index is 0.0290. The first-order chi connectivity index (χ1) is 6.77. The third kappa shape index (κ3) is 1.42. The molecule has 0 bridgehead atoms. The highest BCUT2D eigenvalue weighted by atomic mass is 16.6. The van der Waals surface area contributed by atoms with Crippen LogP contribution in [0.25, 0.3) is 0 Å². The van der Waals surface area contributed by atoms with Crippen molar-refractivity contribution in [3.05, 3.63) is 30.2 Å². The summed E-state index contributed by atoms with van der Waals surface area (Å²) in [4.78, 5) is 11.4. The molecule has 7 heteroatoms. The van der Waals surface area contributed by atoms with Gasteiger partial charge in [-0.2, -0.15) is 0 Å². The van der Waals surface area contributed by atoms with Crippen molar-refractivity contribution in [2.75, 3.05) is 11.2 Å². The molecule has 0 unspecified atom stereocenters. The van der Waals surface area contributed by atoms with E-state index in [1.807, 2.05) is 0 Å². The van der Waals surface area contributed by atoms with E-state index in [9.17, 15) is 4.79 Å². The van der Waals surface area contributed by atoms with Gasteiger partial charge in [-0.25, -0.2) is 4.63 Å². The van der Waals surface area contributed by atoms with Crippen LogP contribution in [0.1, 0.15) is 10.5 Å². The zero-order valence-corrected chi connectivity index (χ0v) is 7.04. The van der Waals surface area contributed by atoms with Gasteiger partial charge in [-0.05, 0) is 22.4 Å². The van der Waals surface area contributed by atoms with Crippen LogP contribution in [0.15, 0.2) is 29.2 Å². The molecule has 0 aliphatic heterocycles. The number of carbonyl (C=O) groups excluding carboxylic acids is 1. The maximum atomic E-state index is 11.4. The average Bonchev–Trinajstić information content (AvgIpc) is 2.75. The fourth-order valence-electron chi connectivity index (χ4n) is 0.932. The van der Waals surface area contributed by atoms with Crippen molar-refractivity contribution in [1.29, 1.82) is 0 Å². The molecule has 0 aromatic carbocycles. The molecule has 0 atom stereocenters. The second-order valence-electron chi connectivity index (χ2n) is 2.53. The fraction of sp³-hybridized carbons (Fsp3) is 0. The normalized spacial score (nSPS) is 10.0. The molecule has 2 aromatic rings. The largest absolute Gasteiger partial charge is 0.379 e. The first-order valence-corrected chi connectivity index (χ1v) is 3.80. The lowest BCUT2D eigenvalue weighted by Gasteiger charge is -2.02. The van der Waals surface area contributed by atoms with Crippen molar-refractivity contribution in [1.82, 2.24) is 15.0 Å². The number of rotatable bonds is 2. The predicted molar refractivity (Wildman–Crippen MR) is 46.8 cm³/mol. The standard InChI is InChI=1S/C7H7N5O2/c8-6-5(10-14-11-6)7(13)9-12-3-1-2-4-12/h1-4H,(H2,8,11)(H,9,13). The number of nitrogens with two attached hydrogens (primary N) is 1. The summed E-state index contributed by atoms with van der Waals surface area (Å²) in [6, 6.07) is 3.54. The predicted octanol–water partition coefficient (Wildman–Crippen LogP) is -0.163. The zero-order valence-electron chi connectivity index (χ0n) is 7.04. The van der Waals surface area contributed by atoms with Gasteiger partial charge in [0.1, 0.15) is 0 Å². The van der Waals surface area contributed by atoms with Crippen molar-refractivity contribution >= 4 is 11.7 Å². The zero-order chi connectivity index (χ0) is 9.97. The molecule has 2 heterocycles. The fourth-order valence-corrected chi connectivity index (χ4v) is 0.932. The van der Waals surface area contributed by atoms with E-state index in [1.165, 1.54) is 4.68 Å². The minimum atomic E-state index is -0.472. The third-order valence-electron chi connectivity index (χ3n) is 1.56. The summed E-state index contributed by atoms with van der Waals surface area (Å²) in [6.45, 7) is 0. The quantitative estimate of drug-likeness (QED) is 0.690. The summed E-state index contributed by atoms with van der Waals surface area (Å²) in [5.74, 6) is -0.505. The van der Waals surface area contributed by atoms with Crippen LogP contribution in [0.3, 0.4) is 0 Å². The molecule has 0 radical (unpaired) electrons. The number of hydrogen-bond donors (Lipinski definition) is 2. The summed E-state index contributed by atoms with van der Waals surface area (Å²) >= 11 is 0. The number of nitrogens with one attached hydrogen (secondary N) is 1. The van der Waals surface area contributed by atoms with Gasteiger partial charge in [0.05, 0.1) is 0 Å². The Balaban J connectivity index is 2.14. The van der Waals surface area contributed by atoms with Crippen LogP contribution in [0.2, 0.25) is 0 Å². The Kier molecular flexibility index (Phi) is 1.90. The number of nitrogens with zero attached hydrogens (tertiary/aromatic N) is 3. The smallest absolute Gasteiger partial charge is 0.296 e. The van der Waals surface area contributed by atoms with Crippen LogP contribution in [0, 0.1) is 0 Å². The lowest BCUT2D eigenvalue weighted by molar-refractivity contribution is 0.0999. The van der Waals surface area contributed by atoms with Crippen LogP contribution in [0.4, 0.5) is 5.82 Å². The molecule has 0 saturated carbocycles. The van der Waals surface area contributed by atoms with Crippen LogP contribution < -0.4 is 11.2 Å². The van der Waals surface area contributed by atoms with Gasteiger partial charge in [-0.1, -0.05) is 0 Å². The van der Waals surface area contributed by atoms with Crippen molar-refractivity contribution in [2.45, 2.75) is 0 Å². The Hall–Kier alpha value is -2.31. The molecule has 0 spiro atoms. The van der Waals surface area contributed by atoms with E-state index in [4.69, 9.17) is 5.73 Å². The Morgan fingerprint density at radius 1 is 1.43 bits per heavy atom. The summed E-state index contributed by atoms with van der Waals surface area (Å²) in [5, 5.41) is 6.65. The summed E-state index contributed by atoms with van der Waals surface area (Å²) in [6.07, 6.45) is 3.34. The highest BCUT2D eigenvalue weighted by Gasteiger charge is 2.15. The van der Waals surface area contributed by atoms with Gasteiger partial charge in [0.15, 0.2) is 0 Å².